The fourth-order valence-electron chi connectivity index (χ4n) is 2.88. The molecule has 1 heterocycles. The number of benzene rings is 1. The van der Waals surface area contributed by atoms with Crippen LogP contribution in [0.4, 0.5) is 4.39 Å². The second-order valence-electron chi connectivity index (χ2n) is 5.74. The SMILES string of the molecule is CO[C@@H]1CN(C(C)C)CC[C@@H]1Cc1ccc(F)cc1. The van der Waals surface area contributed by atoms with Gasteiger partial charge in [0.1, 0.15) is 5.82 Å². The number of nitrogens with zero attached hydrogens (tertiary/aromatic N) is 1. The van der Waals surface area contributed by atoms with Crippen LogP contribution in [0.25, 0.3) is 0 Å². The normalized spacial score (nSPS) is 24.9. The Morgan fingerprint density at radius 3 is 2.58 bits per heavy atom. The van der Waals surface area contributed by atoms with Crippen LogP contribution in [0.5, 0.6) is 0 Å². The molecule has 0 saturated carbocycles. The number of methoxy groups -OCH3 is 1. The average molecular weight is 265 g/mol. The number of piperidine rings is 1. The number of hydrogen-bond acceptors (Lipinski definition) is 2. The third kappa shape index (κ3) is 3.77. The lowest BCUT2D eigenvalue weighted by atomic mass is 9.87. The Balaban J connectivity index is 1.98. The van der Waals surface area contributed by atoms with Gasteiger partial charge in [-0.1, -0.05) is 12.1 Å². The molecule has 0 amide bonds. The summed E-state index contributed by atoms with van der Waals surface area (Å²) in [5, 5.41) is 0. The predicted molar refractivity (Wildman–Crippen MR) is 75.7 cm³/mol. The fourth-order valence-corrected chi connectivity index (χ4v) is 2.88. The van der Waals surface area contributed by atoms with Crippen LogP contribution in [0.1, 0.15) is 25.8 Å². The summed E-state index contributed by atoms with van der Waals surface area (Å²) >= 11 is 0. The Kier molecular flexibility index (Phi) is 4.94. The van der Waals surface area contributed by atoms with Crippen LogP contribution in [0.3, 0.4) is 0 Å². The van der Waals surface area contributed by atoms with Gasteiger partial charge in [-0.05, 0) is 56.8 Å². The Bertz CT molecular complexity index is 390. The van der Waals surface area contributed by atoms with Crippen molar-refractivity contribution in [3.63, 3.8) is 0 Å². The van der Waals surface area contributed by atoms with Gasteiger partial charge in [0.25, 0.3) is 0 Å². The molecule has 1 aromatic rings. The van der Waals surface area contributed by atoms with Gasteiger partial charge < -0.3 is 4.74 Å². The molecular weight excluding hydrogens is 241 g/mol. The molecule has 106 valence electrons. The summed E-state index contributed by atoms with van der Waals surface area (Å²) in [6.07, 6.45) is 2.40. The molecule has 0 unspecified atom stereocenters. The molecule has 2 nitrogen and oxygen atoms in total. The highest BCUT2D eigenvalue weighted by Crippen LogP contribution is 2.25. The van der Waals surface area contributed by atoms with E-state index in [9.17, 15) is 4.39 Å². The number of likely N-dealkylation sites (tertiary alicyclic amines) is 1. The first-order valence-electron chi connectivity index (χ1n) is 7.11. The van der Waals surface area contributed by atoms with E-state index in [1.807, 2.05) is 12.1 Å². The van der Waals surface area contributed by atoms with Gasteiger partial charge in [-0.15, -0.1) is 0 Å². The van der Waals surface area contributed by atoms with Crippen molar-refractivity contribution in [1.29, 1.82) is 0 Å². The Hall–Kier alpha value is -0.930. The lowest BCUT2D eigenvalue weighted by Gasteiger charge is -2.40. The third-order valence-electron chi connectivity index (χ3n) is 4.17. The molecule has 3 heteroatoms. The van der Waals surface area contributed by atoms with Crippen LogP contribution in [0.2, 0.25) is 0 Å². The van der Waals surface area contributed by atoms with Crippen LogP contribution < -0.4 is 0 Å². The minimum atomic E-state index is -0.165. The Morgan fingerprint density at radius 1 is 1.32 bits per heavy atom. The van der Waals surface area contributed by atoms with Crippen LogP contribution in [0.15, 0.2) is 24.3 Å². The highest BCUT2D eigenvalue weighted by molar-refractivity contribution is 5.17. The maximum atomic E-state index is 12.9. The molecule has 0 aliphatic carbocycles. The van der Waals surface area contributed by atoms with E-state index < -0.39 is 0 Å². The van der Waals surface area contributed by atoms with Crippen molar-refractivity contribution in [2.45, 2.75) is 38.8 Å². The molecule has 1 aliphatic heterocycles. The highest BCUT2D eigenvalue weighted by Gasteiger charge is 2.30. The van der Waals surface area contributed by atoms with E-state index in [2.05, 4.69) is 18.7 Å². The Labute approximate surface area is 115 Å². The second-order valence-corrected chi connectivity index (χ2v) is 5.74. The topological polar surface area (TPSA) is 12.5 Å². The predicted octanol–water partition coefficient (Wildman–Crippen LogP) is 3.11. The van der Waals surface area contributed by atoms with Crippen molar-refractivity contribution in [2.75, 3.05) is 20.2 Å². The molecule has 0 spiro atoms. The first-order chi connectivity index (χ1) is 9.10. The zero-order chi connectivity index (χ0) is 13.8. The summed E-state index contributed by atoms with van der Waals surface area (Å²) in [6.45, 7) is 6.59. The van der Waals surface area contributed by atoms with E-state index in [0.29, 0.717) is 12.0 Å². The number of halogens is 1. The average Bonchev–Trinajstić information content (AvgIpc) is 2.41. The molecule has 1 aromatic carbocycles. The summed E-state index contributed by atoms with van der Waals surface area (Å²) in [7, 11) is 1.80. The lowest BCUT2D eigenvalue weighted by molar-refractivity contribution is -0.0201. The van der Waals surface area contributed by atoms with Gasteiger partial charge >= 0.3 is 0 Å². The molecule has 1 fully saturated rings. The molecule has 2 atom stereocenters. The van der Waals surface area contributed by atoms with Crippen molar-refractivity contribution in [3.05, 3.63) is 35.6 Å². The van der Waals surface area contributed by atoms with Crippen molar-refractivity contribution in [1.82, 2.24) is 4.90 Å². The van der Waals surface area contributed by atoms with Crippen LogP contribution >= 0.6 is 0 Å². The van der Waals surface area contributed by atoms with Gasteiger partial charge in [0.15, 0.2) is 0 Å². The largest absolute Gasteiger partial charge is 0.380 e. The molecule has 0 radical (unpaired) electrons. The fraction of sp³-hybridized carbons (Fsp3) is 0.625. The maximum absolute atomic E-state index is 12.9. The molecule has 1 aliphatic rings. The number of rotatable bonds is 4. The van der Waals surface area contributed by atoms with Crippen LogP contribution in [0, 0.1) is 11.7 Å². The Morgan fingerprint density at radius 2 is 2.00 bits per heavy atom. The van der Waals surface area contributed by atoms with E-state index in [4.69, 9.17) is 4.74 Å². The van der Waals surface area contributed by atoms with Crippen LogP contribution in [-0.4, -0.2) is 37.2 Å². The summed E-state index contributed by atoms with van der Waals surface area (Å²) in [5.74, 6) is 0.368. The van der Waals surface area contributed by atoms with Crippen molar-refractivity contribution in [2.24, 2.45) is 5.92 Å². The van der Waals surface area contributed by atoms with Crippen molar-refractivity contribution in [3.8, 4) is 0 Å². The van der Waals surface area contributed by atoms with Gasteiger partial charge in [-0.2, -0.15) is 0 Å². The maximum Gasteiger partial charge on any atom is 0.123 e. The van der Waals surface area contributed by atoms with E-state index >= 15 is 0 Å². The van der Waals surface area contributed by atoms with E-state index in [1.165, 1.54) is 5.56 Å². The summed E-state index contributed by atoms with van der Waals surface area (Å²) < 4.78 is 18.6. The van der Waals surface area contributed by atoms with Gasteiger partial charge in [0, 0.05) is 19.7 Å². The van der Waals surface area contributed by atoms with Crippen molar-refractivity contribution >= 4 is 0 Å². The summed E-state index contributed by atoms with van der Waals surface area (Å²) in [5.41, 5.74) is 1.20. The first kappa shape index (κ1) is 14.5. The molecule has 0 N–H and O–H groups in total. The quantitative estimate of drug-likeness (QED) is 0.829. The zero-order valence-corrected chi connectivity index (χ0v) is 12.1. The number of hydrogen-bond donors (Lipinski definition) is 0. The van der Waals surface area contributed by atoms with E-state index in [1.54, 1.807) is 19.2 Å². The summed E-state index contributed by atoms with van der Waals surface area (Å²) in [4.78, 5) is 2.47. The van der Waals surface area contributed by atoms with Gasteiger partial charge in [-0.3, -0.25) is 4.90 Å². The minimum Gasteiger partial charge on any atom is -0.380 e. The van der Waals surface area contributed by atoms with E-state index in [-0.39, 0.29) is 11.9 Å². The summed E-state index contributed by atoms with van der Waals surface area (Å²) in [6, 6.07) is 7.43. The molecule has 1 saturated heterocycles. The molecular formula is C16H24FNO. The van der Waals surface area contributed by atoms with Gasteiger partial charge in [0.2, 0.25) is 0 Å². The van der Waals surface area contributed by atoms with Gasteiger partial charge in [-0.25, -0.2) is 4.39 Å². The lowest BCUT2D eigenvalue weighted by Crippen LogP contribution is -2.48. The molecule has 0 bridgehead atoms. The third-order valence-corrected chi connectivity index (χ3v) is 4.17. The second kappa shape index (κ2) is 6.49. The highest BCUT2D eigenvalue weighted by atomic mass is 19.1. The first-order valence-corrected chi connectivity index (χ1v) is 7.11. The smallest absolute Gasteiger partial charge is 0.123 e. The van der Waals surface area contributed by atoms with Gasteiger partial charge in [0.05, 0.1) is 6.10 Å². The molecule has 2 rings (SSSR count). The number of ether oxygens (including phenoxy) is 1. The minimum absolute atomic E-state index is 0.165. The molecule has 0 aromatic heterocycles. The van der Waals surface area contributed by atoms with E-state index in [0.717, 1.165) is 25.9 Å². The zero-order valence-electron chi connectivity index (χ0n) is 12.1. The van der Waals surface area contributed by atoms with Crippen molar-refractivity contribution < 1.29 is 9.13 Å². The monoisotopic (exact) mass is 265 g/mol. The van der Waals surface area contributed by atoms with Crippen LogP contribution in [-0.2, 0) is 11.2 Å². The molecule has 19 heavy (non-hydrogen) atoms. The standard InChI is InChI=1S/C16H24FNO/c1-12(2)18-9-8-14(16(11-18)19-3)10-13-4-6-15(17)7-5-13/h4-7,12,14,16H,8-11H2,1-3H3/t14-,16-/m1/s1.